The van der Waals surface area contributed by atoms with E-state index in [-0.39, 0.29) is 17.9 Å². The first kappa shape index (κ1) is 12.4. The topological polar surface area (TPSA) is 21.3 Å². The average Bonchev–Trinajstić information content (AvgIpc) is 2.83. The Balaban J connectivity index is 0.000000963. The zero-order valence-electron chi connectivity index (χ0n) is 9.28. The van der Waals surface area contributed by atoms with Gasteiger partial charge in [0.25, 0.3) is 0 Å². The van der Waals surface area contributed by atoms with Crippen LogP contribution in [0.1, 0.15) is 30.6 Å². The molecule has 2 heterocycles. The molecule has 0 aromatic carbocycles. The second-order valence-corrected chi connectivity index (χ2v) is 5.43. The maximum absolute atomic E-state index is 5.95. The fourth-order valence-electron chi connectivity index (χ4n) is 2.95. The van der Waals surface area contributed by atoms with Crippen LogP contribution < -0.4 is 5.32 Å². The van der Waals surface area contributed by atoms with Crippen LogP contribution in [0.5, 0.6) is 0 Å². The first-order valence-corrected chi connectivity index (χ1v) is 6.70. The third kappa shape index (κ3) is 1.90. The Kier molecular flexibility index (Phi) is 3.90. The summed E-state index contributed by atoms with van der Waals surface area (Å²) in [5, 5.41) is 5.90. The van der Waals surface area contributed by atoms with Crippen molar-refractivity contribution in [3.8, 4) is 0 Å². The normalized spacial score (nSPS) is 33.9. The van der Waals surface area contributed by atoms with E-state index in [1.54, 1.807) is 0 Å². The van der Waals surface area contributed by atoms with E-state index in [0.29, 0.717) is 6.10 Å². The number of hydrogen-bond donors (Lipinski definition) is 1. The molecule has 3 rings (SSSR count). The molecular weight excluding hydrogens is 242 g/mol. The minimum atomic E-state index is 0. The third-order valence-electron chi connectivity index (χ3n) is 3.66. The molecule has 16 heavy (non-hydrogen) atoms. The van der Waals surface area contributed by atoms with Crippen LogP contribution in [0.3, 0.4) is 0 Å². The maximum Gasteiger partial charge on any atom is 0.0807 e. The number of thiophene rings is 1. The summed E-state index contributed by atoms with van der Waals surface area (Å²) in [6.07, 6.45) is 5.49. The highest BCUT2D eigenvalue weighted by Gasteiger charge is 2.45. The Bertz CT molecular complexity index is 316. The molecular formula is C12H18ClNOS. The predicted octanol–water partition coefficient (Wildman–Crippen LogP) is 2.93. The highest BCUT2D eigenvalue weighted by atomic mass is 35.5. The fourth-order valence-corrected chi connectivity index (χ4v) is 3.92. The number of ether oxygens (including phenoxy) is 1. The molecule has 2 nitrogen and oxygen atoms in total. The SMILES string of the molecule is Cl.c1csc([C@@]23CCCC[C@@H]2OCCN3)c1. The lowest BCUT2D eigenvalue weighted by Crippen LogP contribution is -2.58. The van der Waals surface area contributed by atoms with Crippen molar-refractivity contribution >= 4 is 23.7 Å². The van der Waals surface area contributed by atoms with Crippen molar-refractivity contribution in [2.24, 2.45) is 0 Å². The smallest absolute Gasteiger partial charge is 0.0807 e. The molecule has 1 saturated carbocycles. The number of rotatable bonds is 1. The summed E-state index contributed by atoms with van der Waals surface area (Å²) in [5.41, 5.74) is 0.144. The van der Waals surface area contributed by atoms with Gasteiger partial charge in [0.2, 0.25) is 0 Å². The zero-order valence-corrected chi connectivity index (χ0v) is 10.9. The molecule has 1 saturated heterocycles. The van der Waals surface area contributed by atoms with Crippen LogP contribution in [0.15, 0.2) is 17.5 Å². The van der Waals surface area contributed by atoms with Crippen molar-refractivity contribution in [2.45, 2.75) is 37.3 Å². The Morgan fingerprint density at radius 3 is 3.19 bits per heavy atom. The first-order valence-electron chi connectivity index (χ1n) is 5.82. The zero-order chi connectivity index (χ0) is 10.1. The fraction of sp³-hybridized carbons (Fsp3) is 0.667. The summed E-state index contributed by atoms with van der Waals surface area (Å²) in [5.74, 6) is 0. The molecule has 1 aliphatic heterocycles. The van der Waals surface area contributed by atoms with E-state index >= 15 is 0 Å². The molecule has 2 atom stereocenters. The van der Waals surface area contributed by atoms with Gasteiger partial charge in [0.05, 0.1) is 18.2 Å². The van der Waals surface area contributed by atoms with Crippen molar-refractivity contribution in [3.63, 3.8) is 0 Å². The van der Waals surface area contributed by atoms with Gasteiger partial charge in [-0.25, -0.2) is 0 Å². The lowest BCUT2D eigenvalue weighted by Gasteiger charge is -2.47. The van der Waals surface area contributed by atoms with Crippen LogP contribution in [0.2, 0.25) is 0 Å². The van der Waals surface area contributed by atoms with Crippen molar-refractivity contribution in [2.75, 3.05) is 13.2 Å². The van der Waals surface area contributed by atoms with Gasteiger partial charge >= 0.3 is 0 Å². The van der Waals surface area contributed by atoms with E-state index in [4.69, 9.17) is 4.74 Å². The number of halogens is 1. The molecule has 0 bridgehead atoms. The van der Waals surface area contributed by atoms with Gasteiger partial charge in [-0.05, 0) is 24.3 Å². The minimum absolute atomic E-state index is 0. The van der Waals surface area contributed by atoms with Gasteiger partial charge < -0.3 is 10.1 Å². The van der Waals surface area contributed by atoms with Gasteiger partial charge in [0, 0.05) is 11.4 Å². The van der Waals surface area contributed by atoms with Crippen molar-refractivity contribution in [1.29, 1.82) is 0 Å². The van der Waals surface area contributed by atoms with Crippen molar-refractivity contribution in [3.05, 3.63) is 22.4 Å². The molecule has 0 spiro atoms. The van der Waals surface area contributed by atoms with E-state index in [0.717, 1.165) is 13.2 Å². The van der Waals surface area contributed by atoms with E-state index < -0.39 is 0 Å². The standard InChI is InChI=1S/C12H17NOS.ClH/c1-2-6-12(11-5-3-9-15-11)10(4-1)14-8-7-13-12;/h3,5,9-10,13H,1-2,4,6-8H2;1H/t10-,12+;/m0./s1. The quantitative estimate of drug-likeness (QED) is 0.837. The van der Waals surface area contributed by atoms with Crippen molar-refractivity contribution in [1.82, 2.24) is 5.32 Å². The number of hydrogen-bond acceptors (Lipinski definition) is 3. The summed E-state index contributed by atoms with van der Waals surface area (Å²) < 4.78 is 5.95. The molecule has 2 aliphatic rings. The predicted molar refractivity (Wildman–Crippen MR) is 69.5 cm³/mol. The van der Waals surface area contributed by atoms with Crippen LogP contribution in [0.4, 0.5) is 0 Å². The number of nitrogens with one attached hydrogen (secondary N) is 1. The molecule has 0 unspecified atom stereocenters. The maximum atomic E-state index is 5.95. The third-order valence-corrected chi connectivity index (χ3v) is 4.71. The average molecular weight is 260 g/mol. The summed E-state index contributed by atoms with van der Waals surface area (Å²) in [7, 11) is 0. The lowest BCUT2D eigenvalue weighted by atomic mass is 9.77. The minimum Gasteiger partial charge on any atom is -0.375 e. The molecule has 4 heteroatoms. The Morgan fingerprint density at radius 1 is 1.44 bits per heavy atom. The van der Waals surface area contributed by atoms with Gasteiger partial charge in [-0.2, -0.15) is 0 Å². The number of fused-ring (bicyclic) bond motifs is 1. The largest absolute Gasteiger partial charge is 0.375 e. The molecule has 1 N–H and O–H groups in total. The molecule has 1 aromatic rings. The highest BCUT2D eigenvalue weighted by Crippen LogP contribution is 2.42. The van der Waals surface area contributed by atoms with Crippen LogP contribution in [0, 0.1) is 0 Å². The molecule has 90 valence electrons. The van der Waals surface area contributed by atoms with Crippen LogP contribution in [-0.4, -0.2) is 19.3 Å². The monoisotopic (exact) mass is 259 g/mol. The molecule has 0 amide bonds. The van der Waals surface area contributed by atoms with E-state index in [2.05, 4.69) is 22.8 Å². The van der Waals surface area contributed by atoms with Crippen LogP contribution in [-0.2, 0) is 10.3 Å². The lowest BCUT2D eigenvalue weighted by molar-refractivity contribution is -0.0742. The Morgan fingerprint density at radius 2 is 2.38 bits per heavy atom. The summed E-state index contributed by atoms with van der Waals surface area (Å²) in [4.78, 5) is 1.46. The van der Waals surface area contributed by atoms with E-state index in [9.17, 15) is 0 Å². The van der Waals surface area contributed by atoms with E-state index in [1.165, 1.54) is 30.6 Å². The number of morpholine rings is 1. The first-order chi connectivity index (χ1) is 7.42. The second-order valence-electron chi connectivity index (χ2n) is 4.48. The summed E-state index contributed by atoms with van der Waals surface area (Å²) >= 11 is 1.86. The second kappa shape index (κ2) is 5.05. The molecule has 2 fully saturated rings. The molecule has 1 aliphatic carbocycles. The van der Waals surface area contributed by atoms with Gasteiger partial charge in [-0.15, -0.1) is 23.7 Å². The van der Waals surface area contributed by atoms with Gasteiger partial charge in [-0.1, -0.05) is 18.9 Å². The van der Waals surface area contributed by atoms with Crippen molar-refractivity contribution < 1.29 is 4.74 Å². The Hall–Kier alpha value is -0.0900. The van der Waals surface area contributed by atoms with Crippen LogP contribution in [0.25, 0.3) is 0 Å². The van der Waals surface area contributed by atoms with Crippen LogP contribution >= 0.6 is 23.7 Å². The summed E-state index contributed by atoms with van der Waals surface area (Å²) in [6.45, 7) is 1.87. The van der Waals surface area contributed by atoms with E-state index in [1.807, 2.05) is 11.3 Å². The molecule has 0 radical (unpaired) electrons. The van der Waals surface area contributed by atoms with Gasteiger partial charge in [0.15, 0.2) is 0 Å². The van der Waals surface area contributed by atoms with Gasteiger partial charge in [0.1, 0.15) is 0 Å². The van der Waals surface area contributed by atoms with Gasteiger partial charge in [-0.3, -0.25) is 0 Å². The summed E-state index contributed by atoms with van der Waals surface area (Å²) in [6, 6.07) is 4.40. The Labute approximate surface area is 107 Å². The highest BCUT2D eigenvalue weighted by molar-refractivity contribution is 7.10. The molecule has 1 aromatic heterocycles.